The predicted octanol–water partition coefficient (Wildman–Crippen LogP) is 3.89. The maximum absolute atomic E-state index is 13.9. The van der Waals surface area contributed by atoms with E-state index in [4.69, 9.17) is 21.9 Å². The second kappa shape index (κ2) is 5.73. The second-order valence-corrected chi connectivity index (χ2v) is 4.18. The lowest BCUT2D eigenvalue weighted by atomic mass is 10.1. The third-order valence-corrected chi connectivity index (χ3v) is 2.99. The summed E-state index contributed by atoms with van der Waals surface area (Å²) < 4.78 is 18.9. The van der Waals surface area contributed by atoms with Crippen molar-refractivity contribution in [3.63, 3.8) is 0 Å². The van der Waals surface area contributed by atoms with Gasteiger partial charge in [0.1, 0.15) is 16.7 Å². The van der Waals surface area contributed by atoms with Crippen LogP contribution in [-0.4, -0.2) is 18.6 Å². The number of azide groups is 1. The SMILES string of the molecule is COc1cc(F)c2cc(CCN=[N+]=[N-])c(Cl)nc2c1. The highest BCUT2D eigenvalue weighted by Gasteiger charge is 2.10. The second-order valence-electron chi connectivity index (χ2n) is 3.82. The molecule has 0 spiro atoms. The zero-order chi connectivity index (χ0) is 13.8. The zero-order valence-corrected chi connectivity index (χ0v) is 10.9. The van der Waals surface area contributed by atoms with Gasteiger partial charge >= 0.3 is 0 Å². The van der Waals surface area contributed by atoms with Gasteiger partial charge in [-0.2, -0.15) is 0 Å². The van der Waals surface area contributed by atoms with Crippen LogP contribution in [0, 0.1) is 5.82 Å². The summed E-state index contributed by atoms with van der Waals surface area (Å²) >= 11 is 6.02. The van der Waals surface area contributed by atoms with Gasteiger partial charge in [0.2, 0.25) is 0 Å². The van der Waals surface area contributed by atoms with E-state index in [0.717, 1.165) is 0 Å². The van der Waals surface area contributed by atoms with Crippen LogP contribution in [0.3, 0.4) is 0 Å². The van der Waals surface area contributed by atoms with E-state index in [0.29, 0.717) is 28.6 Å². The van der Waals surface area contributed by atoms with Crippen LogP contribution in [0.15, 0.2) is 23.3 Å². The molecule has 0 fully saturated rings. The standard InChI is InChI=1S/C12H10ClFN4O/c1-19-8-5-10(14)9-4-7(2-3-16-18-15)12(13)17-11(9)6-8/h4-6H,2-3H2,1H3. The zero-order valence-electron chi connectivity index (χ0n) is 10.1. The van der Waals surface area contributed by atoms with Gasteiger partial charge in [-0.3, -0.25) is 0 Å². The van der Waals surface area contributed by atoms with Crippen LogP contribution in [0.1, 0.15) is 5.56 Å². The van der Waals surface area contributed by atoms with Gasteiger partial charge < -0.3 is 4.74 Å². The molecule has 2 rings (SSSR count). The van der Waals surface area contributed by atoms with E-state index in [-0.39, 0.29) is 11.7 Å². The number of nitrogens with zero attached hydrogens (tertiary/aromatic N) is 4. The first-order valence-electron chi connectivity index (χ1n) is 5.49. The van der Waals surface area contributed by atoms with Gasteiger partial charge in [0.15, 0.2) is 0 Å². The Morgan fingerprint density at radius 2 is 2.26 bits per heavy atom. The Hall–Kier alpha value is -2.04. The molecule has 0 unspecified atom stereocenters. The third-order valence-electron chi connectivity index (χ3n) is 2.66. The molecule has 0 aliphatic carbocycles. The van der Waals surface area contributed by atoms with Crippen LogP contribution in [0.2, 0.25) is 5.15 Å². The summed E-state index contributed by atoms with van der Waals surface area (Å²) in [4.78, 5) is 6.79. The van der Waals surface area contributed by atoms with E-state index in [9.17, 15) is 4.39 Å². The maximum Gasteiger partial charge on any atom is 0.136 e. The minimum absolute atomic E-state index is 0.251. The molecule has 0 aliphatic rings. The average molecular weight is 281 g/mol. The van der Waals surface area contributed by atoms with Gasteiger partial charge in [-0.25, -0.2) is 9.37 Å². The molecule has 19 heavy (non-hydrogen) atoms. The Bertz CT molecular complexity index is 670. The first kappa shape index (κ1) is 13.4. The Balaban J connectivity index is 2.49. The van der Waals surface area contributed by atoms with Crippen molar-refractivity contribution in [3.05, 3.63) is 45.2 Å². The summed E-state index contributed by atoms with van der Waals surface area (Å²) in [5, 5.41) is 4.05. The van der Waals surface area contributed by atoms with Crippen LogP contribution in [0.4, 0.5) is 4.39 Å². The van der Waals surface area contributed by atoms with Crippen LogP contribution in [0.25, 0.3) is 21.3 Å². The number of pyridine rings is 1. The number of fused-ring (bicyclic) bond motifs is 1. The van der Waals surface area contributed by atoms with E-state index in [1.807, 2.05) is 0 Å². The highest BCUT2D eigenvalue weighted by Crippen LogP contribution is 2.27. The summed E-state index contributed by atoms with van der Waals surface area (Å²) in [5.41, 5.74) is 9.29. The van der Waals surface area contributed by atoms with E-state index in [2.05, 4.69) is 15.0 Å². The quantitative estimate of drug-likeness (QED) is 0.369. The fourth-order valence-corrected chi connectivity index (χ4v) is 1.97. The van der Waals surface area contributed by atoms with Crippen molar-refractivity contribution in [1.29, 1.82) is 0 Å². The minimum atomic E-state index is -0.427. The lowest BCUT2D eigenvalue weighted by Gasteiger charge is -2.07. The van der Waals surface area contributed by atoms with Crippen molar-refractivity contribution in [1.82, 2.24) is 4.98 Å². The molecular formula is C12H10ClFN4O. The van der Waals surface area contributed by atoms with Gasteiger partial charge in [-0.05, 0) is 23.6 Å². The molecule has 98 valence electrons. The van der Waals surface area contributed by atoms with Gasteiger partial charge in [0, 0.05) is 29.0 Å². The molecule has 0 amide bonds. The molecule has 0 N–H and O–H groups in total. The molecule has 5 nitrogen and oxygen atoms in total. The first-order chi connectivity index (χ1) is 9.15. The molecule has 0 aliphatic heterocycles. The Morgan fingerprint density at radius 1 is 1.47 bits per heavy atom. The largest absolute Gasteiger partial charge is 0.497 e. The highest BCUT2D eigenvalue weighted by atomic mass is 35.5. The fraction of sp³-hybridized carbons (Fsp3) is 0.250. The summed E-state index contributed by atoms with van der Waals surface area (Å²) in [6, 6.07) is 4.52. The number of rotatable bonds is 4. The van der Waals surface area contributed by atoms with E-state index in [1.165, 1.54) is 13.2 Å². The van der Waals surface area contributed by atoms with Crippen molar-refractivity contribution in [2.24, 2.45) is 5.11 Å². The third kappa shape index (κ3) is 2.86. The number of methoxy groups -OCH3 is 1. The molecule has 1 aromatic carbocycles. The number of aromatic nitrogens is 1. The van der Waals surface area contributed by atoms with E-state index in [1.54, 1.807) is 12.1 Å². The van der Waals surface area contributed by atoms with Gasteiger partial charge in [-0.15, -0.1) is 0 Å². The monoisotopic (exact) mass is 280 g/mol. The fourth-order valence-electron chi connectivity index (χ4n) is 1.73. The molecule has 0 radical (unpaired) electrons. The molecule has 0 saturated carbocycles. The molecular weight excluding hydrogens is 271 g/mol. The van der Waals surface area contributed by atoms with E-state index < -0.39 is 5.82 Å². The molecule has 7 heteroatoms. The topological polar surface area (TPSA) is 70.9 Å². The Labute approximate surface area is 113 Å². The van der Waals surface area contributed by atoms with Gasteiger partial charge in [-0.1, -0.05) is 16.7 Å². The summed E-state index contributed by atoms with van der Waals surface area (Å²) in [6.07, 6.45) is 0.414. The average Bonchev–Trinajstić information content (AvgIpc) is 2.39. The molecule has 0 saturated heterocycles. The number of hydrogen-bond acceptors (Lipinski definition) is 3. The van der Waals surface area contributed by atoms with Crippen molar-refractivity contribution in [3.8, 4) is 5.75 Å². The summed E-state index contributed by atoms with van der Waals surface area (Å²) in [7, 11) is 1.45. The van der Waals surface area contributed by atoms with Crippen molar-refractivity contribution in [2.75, 3.05) is 13.7 Å². The lowest BCUT2D eigenvalue weighted by Crippen LogP contribution is -1.95. The van der Waals surface area contributed by atoms with Crippen LogP contribution in [0.5, 0.6) is 5.75 Å². The maximum atomic E-state index is 13.9. The highest BCUT2D eigenvalue weighted by molar-refractivity contribution is 6.30. The van der Waals surface area contributed by atoms with E-state index >= 15 is 0 Å². The van der Waals surface area contributed by atoms with Crippen LogP contribution >= 0.6 is 11.6 Å². The van der Waals surface area contributed by atoms with Crippen molar-refractivity contribution in [2.45, 2.75) is 6.42 Å². The molecule has 0 bridgehead atoms. The number of ether oxygens (including phenoxy) is 1. The number of halogens is 2. The first-order valence-corrected chi connectivity index (χ1v) is 5.87. The Kier molecular flexibility index (Phi) is 4.04. The number of benzene rings is 1. The summed E-state index contributed by atoms with van der Waals surface area (Å²) in [5.74, 6) is -0.0426. The smallest absolute Gasteiger partial charge is 0.136 e. The number of hydrogen-bond donors (Lipinski definition) is 0. The van der Waals surface area contributed by atoms with Crippen molar-refractivity contribution >= 4 is 22.5 Å². The molecule has 1 aromatic heterocycles. The Morgan fingerprint density at radius 3 is 2.95 bits per heavy atom. The van der Waals surface area contributed by atoms with Gasteiger partial charge in [0.05, 0.1) is 12.6 Å². The van der Waals surface area contributed by atoms with Gasteiger partial charge in [0.25, 0.3) is 0 Å². The molecule has 2 aromatic rings. The molecule has 1 heterocycles. The normalized spacial score (nSPS) is 10.3. The lowest BCUT2D eigenvalue weighted by molar-refractivity contribution is 0.412. The molecule has 0 atom stereocenters. The summed E-state index contributed by atoms with van der Waals surface area (Å²) in [6.45, 7) is 0.251. The van der Waals surface area contributed by atoms with Crippen molar-refractivity contribution < 1.29 is 9.13 Å². The van der Waals surface area contributed by atoms with Crippen LogP contribution in [-0.2, 0) is 6.42 Å². The van der Waals surface area contributed by atoms with Crippen LogP contribution < -0.4 is 4.74 Å². The predicted molar refractivity (Wildman–Crippen MR) is 71.0 cm³/mol. The minimum Gasteiger partial charge on any atom is -0.497 e.